The minimum atomic E-state index is -0.384. The molecule has 0 fully saturated rings. The Hall–Kier alpha value is -1.59. The maximum absolute atomic E-state index is 13.1. The zero-order valence-electron chi connectivity index (χ0n) is 9.58. The third kappa shape index (κ3) is 3.24. The molecule has 0 heterocycles. The molecule has 6 heteroatoms. The summed E-state index contributed by atoms with van der Waals surface area (Å²) in [6.07, 6.45) is 0. The summed E-state index contributed by atoms with van der Waals surface area (Å²) in [5, 5.41) is 7.93. The number of rotatable bonds is 3. The molecule has 0 unspecified atom stereocenters. The van der Waals surface area contributed by atoms with Crippen LogP contribution in [-0.4, -0.2) is 5.84 Å². The fourth-order valence-electron chi connectivity index (χ4n) is 1.47. The Bertz CT molecular complexity index is 649. The zero-order chi connectivity index (χ0) is 14.0. The Balaban J connectivity index is 2.39. The van der Waals surface area contributed by atoms with Gasteiger partial charge in [-0.15, -0.1) is 0 Å². The largest absolute Gasteiger partial charge is 0.457 e. The number of halogens is 3. The molecule has 0 atom stereocenters. The second kappa shape index (κ2) is 5.59. The molecule has 0 radical (unpaired) electrons. The number of hydrogen-bond acceptors (Lipinski definition) is 2. The van der Waals surface area contributed by atoms with Crippen molar-refractivity contribution < 1.29 is 9.13 Å². The van der Waals surface area contributed by atoms with Gasteiger partial charge in [0.05, 0.1) is 10.0 Å². The lowest BCUT2D eigenvalue weighted by Gasteiger charge is -2.11. The monoisotopic (exact) mass is 342 g/mol. The summed E-state index contributed by atoms with van der Waals surface area (Å²) in [6.45, 7) is 0. The molecule has 2 aromatic carbocycles. The Kier molecular flexibility index (Phi) is 4.07. The number of ether oxygens (including phenoxy) is 1. The number of hydrogen-bond donors (Lipinski definition) is 2. The molecule has 3 N–H and O–H groups in total. The minimum Gasteiger partial charge on any atom is -0.457 e. The second-order valence-electron chi connectivity index (χ2n) is 3.73. The van der Waals surface area contributed by atoms with Crippen LogP contribution in [0, 0.1) is 11.2 Å². The molecular weight excluding hydrogens is 335 g/mol. The maximum atomic E-state index is 13.1. The van der Waals surface area contributed by atoms with Gasteiger partial charge in [-0.2, -0.15) is 0 Å². The van der Waals surface area contributed by atoms with Gasteiger partial charge in [-0.1, -0.05) is 11.6 Å². The average molecular weight is 344 g/mol. The highest BCUT2D eigenvalue weighted by molar-refractivity contribution is 9.10. The summed E-state index contributed by atoms with van der Waals surface area (Å²) in [4.78, 5) is 0. The van der Waals surface area contributed by atoms with Crippen molar-refractivity contribution >= 4 is 33.4 Å². The van der Waals surface area contributed by atoms with Gasteiger partial charge in [0.15, 0.2) is 0 Å². The van der Waals surface area contributed by atoms with Crippen molar-refractivity contribution in [3.05, 3.63) is 57.3 Å². The van der Waals surface area contributed by atoms with Crippen LogP contribution in [0.2, 0.25) is 5.02 Å². The van der Waals surface area contributed by atoms with Gasteiger partial charge in [-0.3, -0.25) is 5.41 Å². The van der Waals surface area contributed by atoms with E-state index in [1.54, 1.807) is 18.2 Å². The molecule has 98 valence electrons. The minimum absolute atomic E-state index is 0.132. The number of nitrogens with one attached hydrogen (secondary N) is 1. The van der Waals surface area contributed by atoms with E-state index in [2.05, 4.69) is 15.9 Å². The normalized spacial score (nSPS) is 10.3. The van der Waals surface area contributed by atoms with Crippen molar-refractivity contribution in [1.82, 2.24) is 0 Å². The Morgan fingerprint density at radius 2 is 2.00 bits per heavy atom. The number of nitrogen functional groups attached to an aromatic ring is 1. The van der Waals surface area contributed by atoms with Crippen LogP contribution in [0.3, 0.4) is 0 Å². The van der Waals surface area contributed by atoms with Crippen molar-refractivity contribution in [2.45, 2.75) is 0 Å². The van der Waals surface area contributed by atoms with E-state index < -0.39 is 0 Å². The summed E-state index contributed by atoms with van der Waals surface area (Å²) in [7, 11) is 0. The lowest BCUT2D eigenvalue weighted by atomic mass is 10.2. The summed E-state index contributed by atoms with van der Waals surface area (Å²) in [6, 6.07) is 9.00. The van der Waals surface area contributed by atoms with Gasteiger partial charge in [-0.05, 0) is 46.3 Å². The van der Waals surface area contributed by atoms with E-state index in [0.29, 0.717) is 22.1 Å². The summed E-state index contributed by atoms with van der Waals surface area (Å²) in [5.41, 5.74) is 5.88. The van der Waals surface area contributed by atoms with Gasteiger partial charge < -0.3 is 10.5 Å². The second-order valence-corrected chi connectivity index (χ2v) is 5.02. The molecule has 2 aromatic rings. The van der Waals surface area contributed by atoms with Crippen LogP contribution in [0.15, 0.2) is 40.9 Å². The first-order valence-electron chi connectivity index (χ1n) is 5.24. The van der Waals surface area contributed by atoms with Crippen molar-refractivity contribution in [3.63, 3.8) is 0 Å². The lowest BCUT2D eigenvalue weighted by molar-refractivity contribution is 0.479. The molecule has 2 rings (SSSR count). The standard InChI is InChI=1S/C13H9BrClFN2O/c14-10-6-8(2-4-11(10)16)19-12-5-7(15)1-3-9(12)13(17)18/h1-6H,(H3,17,18). The van der Waals surface area contributed by atoms with Crippen LogP contribution in [0.5, 0.6) is 11.5 Å². The predicted molar refractivity (Wildman–Crippen MR) is 76.6 cm³/mol. The van der Waals surface area contributed by atoms with E-state index in [0.717, 1.165) is 0 Å². The molecule has 0 aliphatic rings. The first-order valence-corrected chi connectivity index (χ1v) is 6.41. The Morgan fingerprint density at radius 3 is 2.63 bits per heavy atom. The quantitative estimate of drug-likeness (QED) is 0.644. The third-order valence-corrected chi connectivity index (χ3v) is 3.20. The fourth-order valence-corrected chi connectivity index (χ4v) is 1.99. The first kappa shape index (κ1) is 13.8. The molecule has 0 aliphatic carbocycles. The van der Waals surface area contributed by atoms with Crippen molar-refractivity contribution in [2.24, 2.45) is 5.73 Å². The van der Waals surface area contributed by atoms with Gasteiger partial charge in [0.25, 0.3) is 0 Å². The van der Waals surface area contributed by atoms with Crippen LogP contribution in [0.25, 0.3) is 0 Å². The van der Waals surface area contributed by atoms with Gasteiger partial charge in [0.2, 0.25) is 0 Å². The predicted octanol–water partition coefficient (Wildman–Crippen LogP) is 4.32. The molecule has 0 saturated heterocycles. The molecule has 0 bridgehead atoms. The van der Waals surface area contributed by atoms with Gasteiger partial charge >= 0.3 is 0 Å². The number of benzene rings is 2. The molecule has 3 nitrogen and oxygen atoms in total. The molecule has 0 spiro atoms. The third-order valence-electron chi connectivity index (χ3n) is 2.35. The van der Waals surface area contributed by atoms with Crippen molar-refractivity contribution in [1.29, 1.82) is 5.41 Å². The highest BCUT2D eigenvalue weighted by Gasteiger charge is 2.10. The van der Waals surface area contributed by atoms with Crippen molar-refractivity contribution in [3.8, 4) is 11.5 Å². The number of amidine groups is 1. The van der Waals surface area contributed by atoms with Gasteiger partial charge in [-0.25, -0.2) is 4.39 Å². The first-order chi connectivity index (χ1) is 8.97. The van der Waals surface area contributed by atoms with Crippen LogP contribution in [-0.2, 0) is 0 Å². The van der Waals surface area contributed by atoms with Crippen LogP contribution in [0.1, 0.15) is 5.56 Å². The Morgan fingerprint density at radius 1 is 1.26 bits per heavy atom. The molecule has 0 saturated carbocycles. The van der Waals surface area contributed by atoms with Crippen molar-refractivity contribution in [2.75, 3.05) is 0 Å². The fraction of sp³-hybridized carbons (Fsp3) is 0. The molecule has 19 heavy (non-hydrogen) atoms. The summed E-state index contributed by atoms with van der Waals surface area (Å²) < 4.78 is 19.0. The average Bonchev–Trinajstić information content (AvgIpc) is 2.33. The molecule has 0 aromatic heterocycles. The van der Waals surface area contributed by atoms with Crippen LogP contribution < -0.4 is 10.5 Å². The van der Waals surface area contributed by atoms with E-state index >= 15 is 0 Å². The summed E-state index contributed by atoms with van der Waals surface area (Å²) >= 11 is 8.96. The van der Waals surface area contributed by atoms with E-state index in [9.17, 15) is 4.39 Å². The molecular formula is C13H9BrClFN2O. The lowest BCUT2D eigenvalue weighted by Crippen LogP contribution is -2.12. The van der Waals surface area contributed by atoms with Crippen LogP contribution in [0.4, 0.5) is 4.39 Å². The summed E-state index contributed by atoms with van der Waals surface area (Å²) in [5.74, 6) is 0.245. The topological polar surface area (TPSA) is 59.1 Å². The van der Waals surface area contributed by atoms with E-state index in [4.69, 9.17) is 27.5 Å². The van der Waals surface area contributed by atoms with Gasteiger partial charge in [0.1, 0.15) is 23.2 Å². The van der Waals surface area contributed by atoms with Crippen LogP contribution >= 0.6 is 27.5 Å². The number of nitrogens with two attached hydrogens (primary N) is 1. The Labute approximate surface area is 122 Å². The van der Waals surface area contributed by atoms with Gasteiger partial charge in [0, 0.05) is 11.1 Å². The zero-order valence-corrected chi connectivity index (χ0v) is 11.9. The highest BCUT2D eigenvalue weighted by Crippen LogP contribution is 2.30. The maximum Gasteiger partial charge on any atom is 0.139 e. The van der Waals surface area contributed by atoms with E-state index in [1.807, 2.05) is 0 Å². The van der Waals surface area contributed by atoms with E-state index in [-0.39, 0.29) is 16.1 Å². The molecule has 0 amide bonds. The van der Waals surface area contributed by atoms with E-state index in [1.165, 1.54) is 18.2 Å². The smallest absolute Gasteiger partial charge is 0.139 e. The SMILES string of the molecule is N=C(N)c1ccc(Cl)cc1Oc1ccc(F)c(Br)c1. The highest BCUT2D eigenvalue weighted by atomic mass is 79.9. The molecule has 0 aliphatic heterocycles.